The van der Waals surface area contributed by atoms with Crippen LogP contribution in [0.5, 0.6) is 0 Å². The molecule has 0 saturated carbocycles. The molecule has 7 heteroatoms. The van der Waals surface area contributed by atoms with Gasteiger partial charge in [0.1, 0.15) is 5.82 Å². The summed E-state index contributed by atoms with van der Waals surface area (Å²) in [4.78, 5) is 20.9. The van der Waals surface area contributed by atoms with Crippen molar-refractivity contribution in [2.45, 2.75) is 93.0 Å². The fourth-order valence-electron chi connectivity index (χ4n) is 5.71. The highest BCUT2D eigenvalue weighted by molar-refractivity contribution is 5.88. The van der Waals surface area contributed by atoms with E-state index in [0.717, 1.165) is 70.8 Å². The van der Waals surface area contributed by atoms with E-state index in [1.165, 1.54) is 12.1 Å². The number of benzene rings is 2. The Kier molecular flexibility index (Phi) is 10.3. The van der Waals surface area contributed by atoms with Crippen molar-refractivity contribution in [2.75, 3.05) is 24.6 Å². The zero-order chi connectivity index (χ0) is 31.4. The largest absolute Gasteiger partial charge is 0.464 e. The van der Waals surface area contributed by atoms with Crippen molar-refractivity contribution in [3.05, 3.63) is 82.4 Å². The van der Waals surface area contributed by atoms with E-state index >= 15 is 0 Å². The topological polar surface area (TPSA) is 63.7 Å². The first-order chi connectivity index (χ1) is 20.3. The number of ether oxygens (including phenoxy) is 2. The zero-order valence-corrected chi connectivity index (χ0v) is 27.1. The number of aryl methyl sites for hydroxylation is 2. The van der Waals surface area contributed by atoms with Gasteiger partial charge in [-0.2, -0.15) is 0 Å². The van der Waals surface area contributed by atoms with E-state index < -0.39 is 17.7 Å². The van der Waals surface area contributed by atoms with Gasteiger partial charge in [-0.1, -0.05) is 50.2 Å². The molecule has 2 heterocycles. The molecule has 1 N–H and O–H groups in total. The average molecular weight is 590 g/mol. The number of nitrogens with zero attached hydrogens (tertiary/aromatic N) is 2. The third-order valence-electron chi connectivity index (χ3n) is 8.06. The maximum absolute atomic E-state index is 13.5. The molecule has 1 aromatic heterocycles. The molecule has 1 aliphatic heterocycles. The van der Waals surface area contributed by atoms with Crippen molar-refractivity contribution in [3.63, 3.8) is 0 Å². The maximum atomic E-state index is 13.5. The number of anilines is 1. The number of hydrogen-bond acceptors (Lipinski definition) is 6. The number of carbonyl (C=O) groups excluding carboxylic acids is 1. The molecule has 1 aliphatic rings. The lowest BCUT2D eigenvalue weighted by Crippen LogP contribution is -2.39. The molecule has 6 nitrogen and oxygen atoms in total. The van der Waals surface area contributed by atoms with Crippen molar-refractivity contribution in [3.8, 4) is 11.1 Å². The van der Waals surface area contributed by atoms with Gasteiger partial charge in [-0.05, 0) is 88.6 Å². The molecule has 0 bridgehead atoms. The molecular formula is C36H48FN3O3. The van der Waals surface area contributed by atoms with E-state index in [9.17, 15) is 9.18 Å². The predicted molar refractivity (Wildman–Crippen MR) is 172 cm³/mol. The summed E-state index contributed by atoms with van der Waals surface area (Å²) in [5.41, 5.74) is 7.46. The van der Waals surface area contributed by atoms with Crippen molar-refractivity contribution in [1.82, 2.24) is 10.3 Å². The summed E-state index contributed by atoms with van der Waals surface area (Å²) in [6.07, 6.45) is 1.20. The Morgan fingerprint density at radius 1 is 0.977 bits per heavy atom. The van der Waals surface area contributed by atoms with Gasteiger partial charge >= 0.3 is 5.97 Å². The minimum atomic E-state index is -0.897. The quantitative estimate of drug-likeness (QED) is 0.243. The first-order valence-corrected chi connectivity index (χ1v) is 15.4. The molecule has 1 fully saturated rings. The lowest BCUT2D eigenvalue weighted by atomic mass is 9.81. The zero-order valence-electron chi connectivity index (χ0n) is 27.1. The monoisotopic (exact) mass is 589 g/mol. The Hall–Kier alpha value is -3.29. The number of esters is 1. The normalized spacial score (nSPS) is 15.8. The van der Waals surface area contributed by atoms with Gasteiger partial charge in [0.15, 0.2) is 6.10 Å². The summed E-state index contributed by atoms with van der Waals surface area (Å²) in [7, 11) is 0. The predicted octanol–water partition coefficient (Wildman–Crippen LogP) is 7.84. The molecule has 0 radical (unpaired) electrons. The highest BCUT2D eigenvalue weighted by Crippen LogP contribution is 2.45. The summed E-state index contributed by atoms with van der Waals surface area (Å²) < 4.78 is 25.3. The molecule has 1 saturated heterocycles. The molecular weight excluding hydrogens is 541 g/mol. The highest BCUT2D eigenvalue weighted by Gasteiger charge is 2.37. The minimum absolute atomic E-state index is 0.227. The smallest absolute Gasteiger partial charge is 0.340 e. The van der Waals surface area contributed by atoms with Crippen molar-refractivity contribution < 1.29 is 18.7 Å². The lowest BCUT2D eigenvalue weighted by molar-refractivity contribution is -0.166. The minimum Gasteiger partial charge on any atom is -0.464 e. The number of halogens is 1. The van der Waals surface area contributed by atoms with Gasteiger partial charge in [0.05, 0.1) is 17.9 Å². The van der Waals surface area contributed by atoms with E-state index in [-0.39, 0.29) is 17.8 Å². The third-order valence-corrected chi connectivity index (χ3v) is 8.06. The van der Waals surface area contributed by atoms with Crippen molar-refractivity contribution in [2.24, 2.45) is 5.41 Å². The molecule has 3 aromatic rings. The molecule has 2 aromatic carbocycles. The second-order valence-electron chi connectivity index (χ2n) is 13.4. The van der Waals surface area contributed by atoms with E-state index in [0.29, 0.717) is 13.1 Å². The van der Waals surface area contributed by atoms with Gasteiger partial charge in [0.25, 0.3) is 0 Å². The van der Waals surface area contributed by atoms with Crippen LogP contribution in [0.4, 0.5) is 10.1 Å². The van der Waals surface area contributed by atoms with Crippen LogP contribution in [0, 0.1) is 25.1 Å². The van der Waals surface area contributed by atoms with Crippen LogP contribution in [-0.2, 0) is 27.4 Å². The summed E-state index contributed by atoms with van der Waals surface area (Å²) in [6.45, 7) is 19.7. The van der Waals surface area contributed by atoms with E-state index in [4.69, 9.17) is 14.5 Å². The summed E-state index contributed by atoms with van der Waals surface area (Å²) in [5, 5.41) is 3.45. The van der Waals surface area contributed by atoms with E-state index in [2.05, 4.69) is 48.3 Å². The van der Waals surface area contributed by atoms with Crippen LogP contribution in [-0.4, -0.2) is 36.3 Å². The van der Waals surface area contributed by atoms with Crippen molar-refractivity contribution >= 4 is 11.7 Å². The SMILES string of the molecule is CCOC(=O)[C@@H](OC(C)(C)C)c1c(C)nc(C)c(-c2ccc(CNCc3ccc(F)cc3)cc2)c1N1CCC(C)(C)CC1. The molecule has 232 valence electrons. The molecule has 0 spiro atoms. The number of rotatable bonds is 10. The fourth-order valence-corrected chi connectivity index (χ4v) is 5.71. The number of carbonyl (C=O) groups is 1. The first-order valence-electron chi connectivity index (χ1n) is 15.4. The Labute approximate surface area is 257 Å². The maximum Gasteiger partial charge on any atom is 0.340 e. The van der Waals surface area contributed by atoms with Crippen LogP contribution < -0.4 is 10.2 Å². The third kappa shape index (κ3) is 8.42. The number of aromatic nitrogens is 1. The highest BCUT2D eigenvalue weighted by atomic mass is 19.1. The van der Waals surface area contributed by atoms with Crippen LogP contribution in [0.2, 0.25) is 0 Å². The molecule has 0 amide bonds. The standard InChI is InChI=1S/C36H48FN3O3/c1-9-42-34(41)33(43-35(4,5)6)31-25(3)39-24(2)30(32(31)40-20-18-36(7,8)19-21-40)28-14-10-26(11-15-28)22-38-23-27-12-16-29(37)17-13-27/h10-17,33,38H,9,18-23H2,1-8H3/t33-/m0/s1. The van der Waals surface area contributed by atoms with Gasteiger partial charge < -0.3 is 19.7 Å². The van der Waals surface area contributed by atoms with Crippen LogP contribution >= 0.6 is 0 Å². The second-order valence-corrected chi connectivity index (χ2v) is 13.4. The number of pyridine rings is 1. The van der Waals surface area contributed by atoms with E-state index in [1.54, 1.807) is 12.1 Å². The summed E-state index contributed by atoms with van der Waals surface area (Å²) >= 11 is 0. The average Bonchev–Trinajstić information content (AvgIpc) is 2.93. The van der Waals surface area contributed by atoms with Crippen molar-refractivity contribution in [1.29, 1.82) is 0 Å². The molecule has 4 rings (SSSR count). The van der Waals surface area contributed by atoms with Gasteiger partial charge in [-0.15, -0.1) is 0 Å². The van der Waals surface area contributed by atoms with Gasteiger partial charge in [-0.25, -0.2) is 9.18 Å². The first kappa shape index (κ1) is 32.6. The summed E-state index contributed by atoms with van der Waals surface area (Å²) in [6, 6.07) is 15.1. The van der Waals surface area contributed by atoms with Crippen LogP contribution in [0.3, 0.4) is 0 Å². The molecule has 43 heavy (non-hydrogen) atoms. The van der Waals surface area contributed by atoms with Crippen LogP contribution in [0.25, 0.3) is 11.1 Å². The number of piperidine rings is 1. The number of hydrogen-bond donors (Lipinski definition) is 1. The lowest BCUT2D eigenvalue weighted by Gasteiger charge is -2.41. The van der Waals surface area contributed by atoms with Gasteiger partial charge in [0, 0.05) is 48.7 Å². The molecule has 0 aliphatic carbocycles. The Morgan fingerprint density at radius 3 is 2.07 bits per heavy atom. The molecule has 1 atom stereocenters. The summed E-state index contributed by atoms with van der Waals surface area (Å²) in [5.74, 6) is -0.618. The van der Waals surface area contributed by atoms with E-state index in [1.807, 2.05) is 41.5 Å². The number of nitrogens with one attached hydrogen (secondary N) is 1. The van der Waals surface area contributed by atoms with Gasteiger partial charge in [0.2, 0.25) is 0 Å². The van der Waals surface area contributed by atoms with Crippen LogP contribution in [0.15, 0.2) is 48.5 Å². The van der Waals surface area contributed by atoms with Gasteiger partial charge in [-0.3, -0.25) is 4.98 Å². The Morgan fingerprint density at radius 2 is 1.53 bits per heavy atom. The second kappa shape index (κ2) is 13.6. The fraction of sp³-hybridized carbons (Fsp3) is 0.500. The Balaban J connectivity index is 1.74. The van der Waals surface area contributed by atoms with Crippen LogP contribution in [0.1, 0.15) is 88.6 Å². The molecule has 0 unspecified atom stereocenters. The Bertz CT molecular complexity index is 1390.